The molecule has 0 unspecified atom stereocenters. The Morgan fingerprint density at radius 2 is 1.96 bits per heavy atom. The second-order valence-corrected chi connectivity index (χ2v) is 7.22. The first-order valence-electron chi connectivity index (χ1n) is 8.50. The number of carbonyl (C=O) groups excluding carboxylic acids is 3. The second-order valence-electron chi connectivity index (χ2n) is 5.82. The Hall–Kier alpha value is -2.77. The average molecular weight is 417 g/mol. The maximum absolute atomic E-state index is 12.1. The first-order chi connectivity index (χ1) is 13.5. The van der Waals surface area contributed by atoms with Gasteiger partial charge in [0.1, 0.15) is 5.75 Å². The van der Waals surface area contributed by atoms with Crippen LogP contribution in [0.5, 0.6) is 5.75 Å². The van der Waals surface area contributed by atoms with Crippen molar-refractivity contribution in [3.63, 3.8) is 0 Å². The summed E-state index contributed by atoms with van der Waals surface area (Å²) in [6.07, 6.45) is 1.61. The van der Waals surface area contributed by atoms with Crippen LogP contribution in [0.15, 0.2) is 53.4 Å². The monoisotopic (exact) mass is 416 g/mol. The summed E-state index contributed by atoms with van der Waals surface area (Å²) in [7, 11) is 0. The average Bonchev–Trinajstić information content (AvgIpc) is 2.94. The lowest BCUT2D eigenvalue weighted by atomic mass is 10.2. The standard InChI is InChI=1S/C20H17ClN2O4S/c1-2-23-19(25)17(28-20(23)26)11-13-8-9-16(15(21)10-13)27-12-18(24)22-14-6-4-3-5-7-14/h3-11H,2,12H2,1H3,(H,22,24). The topological polar surface area (TPSA) is 75.7 Å². The number of likely N-dealkylation sites (N-methyl/N-ethyl adjacent to an activating group) is 1. The number of thioether (sulfide) groups is 1. The van der Waals surface area contributed by atoms with Gasteiger partial charge in [-0.2, -0.15) is 0 Å². The third-order valence-corrected chi connectivity index (χ3v) is 5.06. The van der Waals surface area contributed by atoms with Crippen molar-refractivity contribution in [1.29, 1.82) is 0 Å². The van der Waals surface area contributed by atoms with Crippen molar-refractivity contribution in [2.45, 2.75) is 6.92 Å². The van der Waals surface area contributed by atoms with Gasteiger partial charge in [-0.15, -0.1) is 0 Å². The molecule has 1 aliphatic rings. The fraction of sp³-hybridized carbons (Fsp3) is 0.150. The molecule has 1 saturated heterocycles. The van der Waals surface area contributed by atoms with Crippen molar-refractivity contribution < 1.29 is 19.1 Å². The summed E-state index contributed by atoms with van der Waals surface area (Å²) >= 11 is 7.12. The largest absolute Gasteiger partial charge is 0.482 e. The van der Waals surface area contributed by atoms with Crippen molar-refractivity contribution in [2.24, 2.45) is 0 Å². The van der Waals surface area contributed by atoms with Gasteiger partial charge < -0.3 is 10.1 Å². The summed E-state index contributed by atoms with van der Waals surface area (Å²) < 4.78 is 5.47. The van der Waals surface area contributed by atoms with E-state index < -0.39 is 0 Å². The van der Waals surface area contributed by atoms with E-state index in [2.05, 4.69) is 5.32 Å². The highest BCUT2D eigenvalue weighted by Crippen LogP contribution is 2.33. The molecule has 1 aliphatic heterocycles. The molecule has 0 aromatic heterocycles. The third kappa shape index (κ3) is 4.74. The minimum absolute atomic E-state index is 0.191. The highest BCUT2D eigenvalue weighted by molar-refractivity contribution is 8.18. The normalized spacial score (nSPS) is 15.2. The maximum Gasteiger partial charge on any atom is 0.293 e. The first-order valence-corrected chi connectivity index (χ1v) is 9.70. The van der Waals surface area contributed by atoms with E-state index in [1.54, 1.807) is 43.3 Å². The molecule has 0 spiro atoms. The lowest BCUT2D eigenvalue weighted by molar-refractivity contribution is -0.122. The van der Waals surface area contributed by atoms with Gasteiger partial charge in [0.2, 0.25) is 0 Å². The summed E-state index contributed by atoms with van der Waals surface area (Å²) in [6.45, 7) is 1.89. The highest BCUT2D eigenvalue weighted by atomic mass is 35.5. The molecule has 6 nitrogen and oxygen atoms in total. The van der Waals surface area contributed by atoms with Crippen molar-refractivity contribution in [1.82, 2.24) is 4.90 Å². The summed E-state index contributed by atoms with van der Waals surface area (Å²) in [5.41, 5.74) is 1.34. The lowest BCUT2D eigenvalue weighted by Gasteiger charge is -2.09. The van der Waals surface area contributed by atoms with E-state index in [0.29, 0.717) is 33.5 Å². The smallest absolute Gasteiger partial charge is 0.293 e. The predicted octanol–water partition coefficient (Wildman–Crippen LogP) is 4.41. The fourth-order valence-corrected chi connectivity index (χ4v) is 3.66. The van der Waals surface area contributed by atoms with Gasteiger partial charge in [0.05, 0.1) is 9.93 Å². The Labute approximate surface area is 171 Å². The molecule has 1 heterocycles. The zero-order valence-corrected chi connectivity index (χ0v) is 16.5. The number of amides is 3. The molecule has 0 saturated carbocycles. The minimum atomic E-state index is -0.313. The van der Waals surface area contributed by atoms with Crippen molar-refractivity contribution in [3.8, 4) is 5.75 Å². The molecule has 144 valence electrons. The van der Waals surface area contributed by atoms with Gasteiger partial charge in [-0.3, -0.25) is 19.3 Å². The van der Waals surface area contributed by atoms with Crippen LogP contribution in [0, 0.1) is 0 Å². The molecule has 0 aliphatic carbocycles. The molecule has 3 amide bonds. The van der Waals surface area contributed by atoms with E-state index in [-0.39, 0.29) is 23.7 Å². The zero-order valence-electron chi connectivity index (χ0n) is 15.0. The van der Waals surface area contributed by atoms with Crippen LogP contribution in [0.1, 0.15) is 12.5 Å². The molecule has 0 atom stereocenters. The highest BCUT2D eigenvalue weighted by Gasteiger charge is 2.33. The van der Waals surface area contributed by atoms with E-state index in [0.717, 1.165) is 11.8 Å². The summed E-state index contributed by atoms with van der Waals surface area (Å²) in [6, 6.07) is 14.0. The summed E-state index contributed by atoms with van der Waals surface area (Å²) in [5.74, 6) is -0.269. The van der Waals surface area contributed by atoms with Gasteiger partial charge in [0, 0.05) is 12.2 Å². The van der Waals surface area contributed by atoms with Crippen LogP contribution in [0.25, 0.3) is 6.08 Å². The molecule has 0 radical (unpaired) electrons. The van der Waals surface area contributed by atoms with Crippen LogP contribution < -0.4 is 10.1 Å². The molecular weight excluding hydrogens is 400 g/mol. The number of carbonyl (C=O) groups is 3. The summed E-state index contributed by atoms with van der Waals surface area (Å²) in [5, 5.41) is 2.74. The Morgan fingerprint density at radius 3 is 2.61 bits per heavy atom. The second kappa shape index (κ2) is 8.95. The first kappa shape index (κ1) is 20.0. The SMILES string of the molecule is CCN1C(=O)SC(=Cc2ccc(OCC(=O)Nc3ccccc3)c(Cl)c2)C1=O. The van der Waals surface area contributed by atoms with Crippen molar-refractivity contribution in [3.05, 3.63) is 64.0 Å². The van der Waals surface area contributed by atoms with Crippen LogP contribution in [0.2, 0.25) is 5.02 Å². The Balaban J connectivity index is 1.63. The number of halogens is 1. The van der Waals surface area contributed by atoms with Crippen molar-refractivity contribution in [2.75, 3.05) is 18.5 Å². The molecule has 8 heteroatoms. The van der Waals surface area contributed by atoms with Gasteiger partial charge in [0.15, 0.2) is 6.61 Å². The molecule has 1 fully saturated rings. The lowest BCUT2D eigenvalue weighted by Crippen LogP contribution is -2.27. The fourth-order valence-electron chi connectivity index (χ4n) is 2.51. The van der Waals surface area contributed by atoms with Crippen LogP contribution in [0.4, 0.5) is 10.5 Å². The van der Waals surface area contributed by atoms with E-state index in [1.807, 2.05) is 18.2 Å². The number of hydrogen-bond donors (Lipinski definition) is 1. The van der Waals surface area contributed by atoms with E-state index in [1.165, 1.54) is 4.90 Å². The number of anilines is 1. The molecule has 2 aromatic carbocycles. The molecular formula is C20H17ClN2O4S. The Kier molecular flexibility index (Phi) is 6.38. The van der Waals surface area contributed by atoms with E-state index in [9.17, 15) is 14.4 Å². The predicted molar refractivity (Wildman–Crippen MR) is 110 cm³/mol. The number of para-hydroxylation sites is 1. The molecule has 1 N–H and O–H groups in total. The van der Waals surface area contributed by atoms with Crippen molar-refractivity contribution >= 4 is 52.2 Å². The number of nitrogens with one attached hydrogen (secondary N) is 1. The molecule has 3 rings (SSSR count). The number of nitrogens with zero attached hydrogens (tertiary/aromatic N) is 1. The van der Waals surface area contributed by atoms with Gasteiger partial charge in [-0.25, -0.2) is 0 Å². The number of rotatable bonds is 6. The summed E-state index contributed by atoms with van der Waals surface area (Å²) in [4.78, 5) is 37.4. The number of hydrogen-bond acceptors (Lipinski definition) is 5. The number of imide groups is 1. The van der Waals surface area contributed by atoms with Crippen LogP contribution in [0.3, 0.4) is 0 Å². The van der Waals surface area contributed by atoms with E-state index in [4.69, 9.17) is 16.3 Å². The molecule has 2 aromatic rings. The van der Waals surface area contributed by atoms with Crippen LogP contribution in [-0.2, 0) is 9.59 Å². The zero-order chi connectivity index (χ0) is 20.1. The maximum atomic E-state index is 12.1. The van der Waals surface area contributed by atoms with Gasteiger partial charge in [0.25, 0.3) is 17.1 Å². The van der Waals surface area contributed by atoms with E-state index >= 15 is 0 Å². The third-order valence-electron chi connectivity index (χ3n) is 3.86. The van der Waals surface area contributed by atoms with Gasteiger partial charge >= 0.3 is 0 Å². The molecule has 28 heavy (non-hydrogen) atoms. The van der Waals surface area contributed by atoms with Crippen LogP contribution in [-0.4, -0.2) is 35.1 Å². The quantitative estimate of drug-likeness (QED) is 0.706. The molecule has 0 bridgehead atoms. The van der Waals surface area contributed by atoms with Crippen LogP contribution >= 0.6 is 23.4 Å². The Bertz CT molecular complexity index is 946. The number of ether oxygens (including phenoxy) is 1. The number of benzene rings is 2. The van der Waals surface area contributed by atoms with Gasteiger partial charge in [-0.1, -0.05) is 35.9 Å². The Morgan fingerprint density at radius 1 is 1.21 bits per heavy atom. The minimum Gasteiger partial charge on any atom is -0.482 e. The van der Waals surface area contributed by atoms with Gasteiger partial charge in [-0.05, 0) is 54.6 Å².